The van der Waals surface area contributed by atoms with Gasteiger partial charge in [-0.1, -0.05) is 18.2 Å². The largest absolute Gasteiger partial charge is 0.449 e. The van der Waals surface area contributed by atoms with Crippen LogP contribution in [-0.4, -0.2) is 29.8 Å². The van der Waals surface area contributed by atoms with E-state index < -0.39 is 5.91 Å². The number of anilines is 2. The van der Waals surface area contributed by atoms with Crippen molar-refractivity contribution in [2.45, 2.75) is 32.6 Å². The summed E-state index contributed by atoms with van der Waals surface area (Å²) < 4.78 is 5.72. The Morgan fingerprint density at radius 1 is 0.967 bits per heavy atom. The molecule has 1 aromatic carbocycles. The highest BCUT2D eigenvalue weighted by Crippen LogP contribution is 2.31. The van der Waals surface area contributed by atoms with E-state index in [1.165, 1.54) is 0 Å². The number of para-hydroxylation sites is 1. The van der Waals surface area contributed by atoms with E-state index in [0.29, 0.717) is 41.7 Å². The van der Waals surface area contributed by atoms with Gasteiger partial charge in [0.15, 0.2) is 0 Å². The summed E-state index contributed by atoms with van der Waals surface area (Å²) in [6.07, 6.45) is 3.41. The Hall–Kier alpha value is -3.68. The van der Waals surface area contributed by atoms with E-state index in [9.17, 15) is 14.4 Å². The molecule has 2 heterocycles. The average Bonchev–Trinajstić information content (AvgIpc) is 3.11. The topological polar surface area (TPSA) is 113 Å². The molecular weight excluding hydrogens is 384 g/mol. The molecule has 0 aliphatic heterocycles. The lowest BCUT2D eigenvalue weighted by molar-refractivity contribution is -0.121. The molecular formula is C22H24N4O4. The number of fused-ring (bicyclic) bond motifs is 1. The van der Waals surface area contributed by atoms with E-state index in [1.54, 1.807) is 43.6 Å². The zero-order valence-corrected chi connectivity index (χ0v) is 17.0. The Kier molecular flexibility index (Phi) is 6.79. The first kappa shape index (κ1) is 21.0. The molecule has 0 saturated heterocycles. The van der Waals surface area contributed by atoms with Crippen LogP contribution in [0.1, 0.15) is 41.8 Å². The van der Waals surface area contributed by atoms with E-state index in [0.717, 1.165) is 5.56 Å². The molecule has 0 spiro atoms. The monoisotopic (exact) mass is 408 g/mol. The number of pyridine rings is 1. The summed E-state index contributed by atoms with van der Waals surface area (Å²) in [7, 11) is 1.58. The van der Waals surface area contributed by atoms with Crippen LogP contribution in [0.25, 0.3) is 11.0 Å². The van der Waals surface area contributed by atoms with Crippen LogP contribution >= 0.6 is 0 Å². The van der Waals surface area contributed by atoms with Gasteiger partial charge >= 0.3 is 0 Å². The van der Waals surface area contributed by atoms with Gasteiger partial charge < -0.3 is 20.4 Å². The van der Waals surface area contributed by atoms with Gasteiger partial charge in [-0.15, -0.1) is 0 Å². The molecule has 8 heteroatoms. The number of nitrogens with one attached hydrogen (secondary N) is 3. The van der Waals surface area contributed by atoms with Crippen molar-refractivity contribution < 1.29 is 18.8 Å². The second kappa shape index (κ2) is 9.69. The van der Waals surface area contributed by atoms with Crippen molar-refractivity contribution in [3.05, 3.63) is 53.9 Å². The minimum absolute atomic E-state index is 0.0114. The molecule has 3 aromatic rings. The predicted molar refractivity (Wildman–Crippen MR) is 114 cm³/mol. The summed E-state index contributed by atoms with van der Waals surface area (Å²) in [5.41, 5.74) is 1.79. The number of carbonyl (C=O) groups is 3. The summed E-state index contributed by atoms with van der Waals surface area (Å²) in [6, 6.07) is 10.6. The zero-order chi connectivity index (χ0) is 21.5. The molecule has 0 aliphatic carbocycles. The Labute approximate surface area is 174 Å². The molecule has 2 aromatic heterocycles. The van der Waals surface area contributed by atoms with Crippen molar-refractivity contribution in [2.24, 2.45) is 0 Å². The summed E-state index contributed by atoms with van der Waals surface area (Å²) >= 11 is 0. The highest BCUT2D eigenvalue weighted by Gasteiger charge is 2.22. The molecule has 3 amide bonds. The number of nitrogens with zero attached hydrogens (tertiary/aromatic N) is 1. The number of aromatic nitrogens is 1. The van der Waals surface area contributed by atoms with E-state index in [1.807, 2.05) is 13.0 Å². The second-order valence-electron chi connectivity index (χ2n) is 6.91. The van der Waals surface area contributed by atoms with Crippen molar-refractivity contribution in [3.8, 4) is 0 Å². The summed E-state index contributed by atoms with van der Waals surface area (Å²) in [6.45, 7) is 1.90. The fraction of sp³-hybridized carbons (Fsp3) is 0.273. The van der Waals surface area contributed by atoms with E-state index in [2.05, 4.69) is 20.9 Å². The van der Waals surface area contributed by atoms with Gasteiger partial charge in [-0.25, -0.2) is 4.98 Å². The number of carbonyl (C=O) groups excluding carboxylic acids is 3. The SMILES string of the molecule is CNC(=O)CCCCC(=O)Nc1c(C(=O)Nc2ccc(C)cn2)oc2ccccc12. The molecule has 8 nitrogen and oxygen atoms in total. The van der Waals surface area contributed by atoms with Gasteiger partial charge in [-0.2, -0.15) is 0 Å². The lowest BCUT2D eigenvalue weighted by atomic mass is 10.1. The third-order valence-corrected chi connectivity index (χ3v) is 4.56. The number of benzene rings is 1. The third-order valence-electron chi connectivity index (χ3n) is 4.56. The number of hydrogen-bond acceptors (Lipinski definition) is 5. The van der Waals surface area contributed by atoms with Crippen LogP contribution < -0.4 is 16.0 Å². The maximum absolute atomic E-state index is 12.8. The predicted octanol–water partition coefficient (Wildman–Crippen LogP) is 3.63. The number of unbranched alkanes of at least 4 members (excludes halogenated alkanes) is 1. The smallest absolute Gasteiger partial charge is 0.294 e. The van der Waals surface area contributed by atoms with E-state index in [-0.39, 0.29) is 24.0 Å². The van der Waals surface area contributed by atoms with Crippen molar-refractivity contribution in [2.75, 3.05) is 17.7 Å². The first-order valence-electron chi connectivity index (χ1n) is 9.74. The minimum atomic E-state index is -0.502. The van der Waals surface area contributed by atoms with Crippen molar-refractivity contribution >= 4 is 40.2 Å². The van der Waals surface area contributed by atoms with Crippen LogP contribution in [-0.2, 0) is 9.59 Å². The molecule has 0 fully saturated rings. The quantitative estimate of drug-likeness (QED) is 0.493. The highest BCUT2D eigenvalue weighted by molar-refractivity contribution is 6.14. The van der Waals surface area contributed by atoms with Gasteiger partial charge in [-0.05, 0) is 43.5 Å². The van der Waals surface area contributed by atoms with E-state index >= 15 is 0 Å². The lowest BCUT2D eigenvalue weighted by Crippen LogP contribution is -2.18. The number of aryl methyl sites for hydroxylation is 1. The maximum Gasteiger partial charge on any atom is 0.294 e. The second-order valence-corrected chi connectivity index (χ2v) is 6.91. The average molecular weight is 408 g/mol. The Bertz CT molecular complexity index is 1060. The normalized spacial score (nSPS) is 10.6. The zero-order valence-electron chi connectivity index (χ0n) is 17.0. The van der Waals surface area contributed by atoms with Crippen LogP contribution in [0.5, 0.6) is 0 Å². The van der Waals surface area contributed by atoms with Crippen LogP contribution in [0.2, 0.25) is 0 Å². The van der Waals surface area contributed by atoms with Gasteiger partial charge in [0.2, 0.25) is 17.6 Å². The van der Waals surface area contributed by atoms with Gasteiger partial charge in [0.25, 0.3) is 5.91 Å². The molecule has 156 valence electrons. The molecule has 0 radical (unpaired) electrons. The number of hydrogen-bond donors (Lipinski definition) is 3. The number of rotatable bonds is 8. The van der Waals surface area contributed by atoms with Gasteiger partial charge in [0, 0.05) is 31.5 Å². The number of furan rings is 1. The minimum Gasteiger partial charge on any atom is -0.449 e. The molecule has 0 bridgehead atoms. The van der Waals surface area contributed by atoms with E-state index in [4.69, 9.17) is 4.42 Å². The van der Waals surface area contributed by atoms with Crippen molar-refractivity contribution in [1.29, 1.82) is 0 Å². The Morgan fingerprint density at radius 3 is 2.40 bits per heavy atom. The number of amides is 3. The van der Waals surface area contributed by atoms with Crippen LogP contribution in [0.3, 0.4) is 0 Å². The maximum atomic E-state index is 12.8. The molecule has 30 heavy (non-hydrogen) atoms. The van der Waals surface area contributed by atoms with Crippen LogP contribution in [0.15, 0.2) is 47.0 Å². The summed E-state index contributed by atoms with van der Waals surface area (Å²) in [5, 5.41) is 8.68. The fourth-order valence-electron chi connectivity index (χ4n) is 2.94. The summed E-state index contributed by atoms with van der Waals surface area (Å²) in [5.74, 6) is -0.409. The van der Waals surface area contributed by atoms with Crippen LogP contribution in [0, 0.1) is 6.92 Å². The van der Waals surface area contributed by atoms with Gasteiger partial charge in [-0.3, -0.25) is 14.4 Å². The molecule has 3 rings (SSSR count). The summed E-state index contributed by atoms with van der Waals surface area (Å²) in [4.78, 5) is 40.7. The van der Waals surface area contributed by atoms with Gasteiger partial charge in [0.05, 0.1) is 0 Å². The third kappa shape index (κ3) is 5.22. The van der Waals surface area contributed by atoms with Crippen molar-refractivity contribution in [3.63, 3.8) is 0 Å². The molecule has 0 unspecified atom stereocenters. The first-order chi connectivity index (χ1) is 14.5. The molecule has 0 aliphatic rings. The highest BCUT2D eigenvalue weighted by atomic mass is 16.3. The fourth-order valence-corrected chi connectivity index (χ4v) is 2.94. The van der Waals surface area contributed by atoms with Crippen molar-refractivity contribution in [1.82, 2.24) is 10.3 Å². The molecule has 0 atom stereocenters. The van der Waals surface area contributed by atoms with Gasteiger partial charge in [0.1, 0.15) is 17.1 Å². The van der Waals surface area contributed by atoms with Crippen LogP contribution in [0.4, 0.5) is 11.5 Å². The first-order valence-corrected chi connectivity index (χ1v) is 9.74. The molecule has 3 N–H and O–H groups in total. The Balaban J connectivity index is 1.74. The Morgan fingerprint density at radius 2 is 1.70 bits per heavy atom. The standard InChI is InChI=1S/C22H24N4O4/c1-14-11-12-17(24-13-14)25-22(29)21-20(15-7-3-4-8-16(15)30-21)26-19(28)10-6-5-9-18(27)23-2/h3-4,7-8,11-13H,5-6,9-10H2,1-2H3,(H,23,27)(H,26,28)(H,24,25,29). The lowest BCUT2D eigenvalue weighted by Gasteiger charge is -2.07. The molecule has 0 saturated carbocycles.